The van der Waals surface area contributed by atoms with Gasteiger partial charge in [0, 0.05) is 19.2 Å². The quantitative estimate of drug-likeness (QED) is 0.775. The summed E-state index contributed by atoms with van der Waals surface area (Å²) in [7, 11) is 1.72. The standard InChI is InChI=1S/C12H22N2O2/c1-5-10(8-15-4)13-7-11-6-12(9(2)3)14-16-11/h6,9-10,13H,5,7-8H2,1-4H3. The van der Waals surface area contributed by atoms with Crippen LogP contribution in [0.15, 0.2) is 10.6 Å². The van der Waals surface area contributed by atoms with Crippen LogP contribution in [-0.2, 0) is 11.3 Å². The predicted molar refractivity (Wildman–Crippen MR) is 63.4 cm³/mol. The monoisotopic (exact) mass is 226 g/mol. The minimum Gasteiger partial charge on any atom is -0.383 e. The molecule has 1 heterocycles. The van der Waals surface area contributed by atoms with Crippen LogP contribution in [0.25, 0.3) is 0 Å². The zero-order valence-corrected chi connectivity index (χ0v) is 10.6. The molecule has 0 bridgehead atoms. The van der Waals surface area contributed by atoms with Crippen LogP contribution >= 0.6 is 0 Å². The number of nitrogens with one attached hydrogen (secondary N) is 1. The summed E-state index contributed by atoms with van der Waals surface area (Å²) < 4.78 is 10.4. The lowest BCUT2D eigenvalue weighted by molar-refractivity contribution is 0.162. The fourth-order valence-electron chi connectivity index (χ4n) is 1.45. The molecule has 0 radical (unpaired) electrons. The number of hydrogen-bond donors (Lipinski definition) is 1. The van der Waals surface area contributed by atoms with E-state index in [0.29, 0.717) is 18.5 Å². The smallest absolute Gasteiger partial charge is 0.150 e. The second kappa shape index (κ2) is 6.66. The van der Waals surface area contributed by atoms with Crippen LogP contribution in [0.2, 0.25) is 0 Å². The van der Waals surface area contributed by atoms with Crippen LogP contribution in [0, 0.1) is 0 Å². The molecule has 1 atom stereocenters. The molecule has 1 aromatic heterocycles. The average Bonchev–Trinajstić information content (AvgIpc) is 2.73. The number of nitrogens with zero attached hydrogens (tertiary/aromatic N) is 1. The Kier molecular flexibility index (Phi) is 5.49. The van der Waals surface area contributed by atoms with Crippen LogP contribution in [0.4, 0.5) is 0 Å². The predicted octanol–water partition coefficient (Wildman–Crippen LogP) is 2.31. The molecule has 0 aliphatic heterocycles. The first-order valence-corrected chi connectivity index (χ1v) is 5.85. The van der Waals surface area contributed by atoms with E-state index < -0.39 is 0 Å². The highest BCUT2D eigenvalue weighted by atomic mass is 16.5. The van der Waals surface area contributed by atoms with Crippen molar-refractivity contribution in [2.75, 3.05) is 13.7 Å². The van der Waals surface area contributed by atoms with Crippen molar-refractivity contribution < 1.29 is 9.26 Å². The largest absolute Gasteiger partial charge is 0.383 e. The van der Waals surface area contributed by atoms with Gasteiger partial charge in [0.05, 0.1) is 18.8 Å². The molecule has 0 aromatic carbocycles. The summed E-state index contributed by atoms with van der Waals surface area (Å²) in [6.45, 7) is 7.78. The van der Waals surface area contributed by atoms with Gasteiger partial charge in [0.25, 0.3) is 0 Å². The first kappa shape index (κ1) is 13.2. The molecular weight excluding hydrogens is 204 g/mol. The van der Waals surface area contributed by atoms with Crippen molar-refractivity contribution in [3.05, 3.63) is 17.5 Å². The van der Waals surface area contributed by atoms with E-state index in [4.69, 9.17) is 9.26 Å². The molecule has 92 valence electrons. The maximum atomic E-state index is 5.25. The molecule has 4 heteroatoms. The fraction of sp³-hybridized carbons (Fsp3) is 0.750. The molecule has 1 rings (SSSR count). The number of ether oxygens (including phenoxy) is 1. The summed E-state index contributed by atoms with van der Waals surface area (Å²) in [4.78, 5) is 0. The van der Waals surface area contributed by atoms with Gasteiger partial charge in [0.1, 0.15) is 0 Å². The van der Waals surface area contributed by atoms with Crippen molar-refractivity contribution in [3.63, 3.8) is 0 Å². The van der Waals surface area contributed by atoms with Gasteiger partial charge in [-0.1, -0.05) is 25.9 Å². The molecule has 1 aromatic rings. The van der Waals surface area contributed by atoms with Crippen molar-refractivity contribution in [1.29, 1.82) is 0 Å². The van der Waals surface area contributed by atoms with Gasteiger partial charge in [-0.25, -0.2) is 0 Å². The van der Waals surface area contributed by atoms with E-state index in [2.05, 4.69) is 31.2 Å². The van der Waals surface area contributed by atoms with Crippen molar-refractivity contribution in [2.45, 2.75) is 45.7 Å². The summed E-state index contributed by atoms with van der Waals surface area (Å²) in [5.41, 5.74) is 1.01. The SMILES string of the molecule is CCC(COC)NCc1cc(C(C)C)no1. The van der Waals surface area contributed by atoms with Gasteiger partial charge in [0.2, 0.25) is 0 Å². The molecule has 0 saturated carbocycles. The zero-order chi connectivity index (χ0) is 12.0. The third kappa shape index (κ3) is 3.94. The Balaban J connectivity index is 2.41. The minimum atomic E-state index is 0.373. The molecular formula is C12H22N2O2. The lowest BCUT2D eigenvalue weighted by Gasteiger charge is -2.14. The Hall–Kier alpha value is -0.870. The molecule has 1 N–H and O–H groups in total. The van der Waals surface area contributed by atoms with Gasteiger partial charge in [-0.15, -0.1) is 0 Å². The molecule has 0 saturated heterocycles. The van der Waals surface area contributed by atoms with Gasteiger partial charge in [-0.05, 0) is 12.3 Å². The van der Waals surface area contributed by atoms with Crippen LogP contribution in [0.3, 0.4) is 0 Å². The first-order valence-electron chi connectivity index (χ1n) is 5.85. The van der Waals surface area contributed by atoms with E-state index in [1.165, 1.54) is 0 Å². The summed E-state index contributed by atoms with van der Waals surface area (Å²) in [5.74, 6) is 1.30. The highest BCUT2D eigenvalue weighted by molar-refractivity contribution is 5.08. The minimum absolute atomic E-state index is 0.373. The van der Waals surface area contributed by atoms with Gasteiger partial charge in [0.15, 0.2) is 5.76 Å². The van der Waals surface area contributed by atoms with Gasteiger partial charge in [-0.3, -0.25) is 0 Å². The number of methoxy groups -OCH3 is 1. The number of hydrogen-bond acceptors (Lipinski definition) is 4. The third-order valence-electron chi connectivity index (χ3n) is 2.59. The molecule has 0 spiro atoms. The number of aromatic nitrogens is 1. The zero-order valence-electron chi connectivity index (χ0n) is 10.6. The molecule has 0 aliphatic rings. The summed E-state index contributed by atoms with van der Waals surface area (Å²) >= 11 is 0. The summed E-state index contributed by atoms with van der Waals surface area (Å²) in [6.07, 6.45) is 1.04. The molecule has 0 fully saturated rings. The van der Waals surface area contributed by atoms with E-state index in [0.717, 1.165) is 24.5 Å². The second-order valence-corrected chi connectivity index (χ2v) is 4.31. The Bertz CT molecular complexity index is 297. The van der Waals surface area contributed by atoms with Gasteiger partial charge in [-0.2, -0.15) is 0 Å². The van der Waals surface area contributed by atoms with Crippen molar-refractivity contribution in [3.8, 4) is 0 Å². The van der Waals surface area contributed by atoms with Crippen LogP contribution in [0.1, 0.15) is 44.6 Å². The van der Waals surface area contributed by atoms with Crippen LogP contribution < -0.4 is 5.32 Å². The first-order chi connectivity index (χ1) is 7.67. The highest BCUT2D eigenvalue weighted by Crippen LogP contribution is 2.13. The van der Waals surface area contributed by atoms with Gasteiger partial charge < -0.3 is 14.6 Å². The van der Waals surface area contributed by atoms with Crippen molar-refractivity contribution >= 4 is 0 Å². The maximum Gasteiger partial charge on any atom is 0.150 e. The van der Waals surface area contributed by atoms with E-state index >= 15 is 0 Å². The average molecular weight is 226 g/mol. The topological polar surface area (TPSA) is 47.3 Å². The normalized spacial score (nSPS) is 13.3. The summed E-state index contributed by atoms with van der Waals surface area (Å²) in [5, 5.41) is 7.40. The van der Waals surface area contributed by atoms with E-state index in [-0.39, 0.29) is 0 Å². The highest BCUT2D eigenvalue weighted by Gasteiger charge is 2.09. The van der Waals surface area contributed by atoms with E-state index in [1.54, 1.807) is 7.11 Å². The molecule has 1 unspecified atom stereocenters. The maximum absolute atomic E-state index is 5.25. The molecule has 0 amide bonds. The lowest BCUT2D eigenvalue weighted by atomic mass is 10.1. The van der Waals surface area contributed by atoms with Crippen molar-refractivity contribution in [2.24, 2.45) is 0 Å². The Morgan fingerprint density at radius 2 is 2.25 bits per heavy atom. The second-order valence-electron chi connectivity index (χ2n) is 4.31. The Morgan fingerprint density at radius 3 is 2.75 bits per heavy atom. The summed E-state index contributed by atoms with van der Waals surface area (Å²) in [6, 6.07) is 2.38. The Morgan fingerprint density at radius 1 is 1.50 bits per heavy atom. The Labute approximate surface area is 97.3 Å². The lowest BCUT2D eigenvalue weighted by Crippen LogP contribution is -2.31. The number of rotatable bonds is 7. The van der Waals surface area contributed by atoms with Crippen LogP contribution in [0.5, 0.6) is 0 Å². The van der Waals surface area contributed by atoms with Crippen LogP contribution in [-0.4, -0.2) is 24.9 Å². The third-order valence-corrected chi connectivity index (χ3v) is 2.59. The molecule has 16 heavy (non-hydrogen) atoms. The molecule has 0 aliphatic carbocycles. The van der Waals surface area contributed by atoms with E-state index in [1.807, 2.05) is 6.07 Å². The van der Waals surface area contributed by atoms with Crippen molar-refractivity contribution in [1.82, 2.24) is 10.5 Å². The van der Waals surface area contributed by atoms with Gasteiger partial charge >= 0.3 is 0 Å². The molecule has 4 nitrogen and oxygen atoms in total. The van der Waals surface area contributed by atoms with E-state index in [9.17, 15) is 0 Å². The fourth-order valence-corrected chi connectivity index (χ4v) is 1.45.